The maximum absolute atomic E-state index is 5.25. The van der Waals surface area contributed by atoms with Crippen molar-refractivity contribution in [2.45, 2.75) is 6.04 Å². The molecule has 12 aromatic rings. The van der Waals surface area contributed by atoms with Gasteiger partial charge in [-0.15, -0.1) is 0 Å². The summed E-state index contributed by atoms with van der Waals surface area (Å²) in [4.78, 5) is 15.5. The lowest BCUT2D eigenvalue weighted by atomic mass is 10.1. The first-order valence-corrected chi connectivity index (χ1v) is 21.0. The Bertz CT molecular complexity index is 4000. The quantitative estimate of drug-likeness (QED) is 0.186. The predicted molar refractivity (Wildman–Crippen MR) is 257 cm³/mol. The summed E-state index contributed by atoms with van der Waals surface area (Å²) in [7, 11) is 0. The molecule has 0 saturated heterocycles. The topological polar surface area (TPSA) is 68.8 Å². The molecule has 0 aliphatic carbocycles. The summed E-state index contributed by atoms with van der Waals surface area (Å²) >= 11 is 0. The van der Waals surface area contributed by atoms with Crippen LogP contribution in [0, 0.1) is 0 Å². The average molecular weight is 795 g/mol. The zero-order valence-corrected chi connectivity index (χ0v) is 33.2. The van der Waals surface area contributed by atoms with Gasteiger partial charge < -0.3 is 14.5 Å². The highest BCUT2D eigenvalue weighted by atomic mass is 15.3. The van der Waals surface area contributed by atoms with E-state index in [1.54, 1.807) is 0 Å². The van der Waals surface area contributed by atoms with Gasteiger partial charge in [-0.2, -0.15) is 0 Å². The van der Waals surface area contributed by atoms with Crippen LogP contribution >= 0.6 is 0 Å². The molecule has 290 valence electrons. The molecule has 0 amide bonds. The van der Waals surface area contributed by atoms with Crippen molar-refractivity contribution in [1.82, 2.24) is 23.6 Å². The molecule has 0 bridgehead atoms. The molecule has 1 N–H and O–H groups in total. The van der Waals surface area contributed by atoms with Crippen molar-refractivity contribution in [1.29, 1.82) is 0 Å². The average Bonchev–Trinajstić information content (AvgIpc) is 4.06. The van der Waals surface area contributed by atoms with Gasteiger partial charge in [-0.3, -0.25) is 9.13 Å². The third-order valence-electron chi connectivity index (χ3n) is 12.9. The van der Waals surface area contributed by atoms with Crippen LogP contribution in [0.25, 0.3) is 98.6 Å². The van der Waals surface area contributed by atoms with Gasteiger partial charge in [0.1, 0.15) is 6.04 Å². The van der Waals surface area contributed by atoms with Crippen LogP contribution in [0.3, 0.4) is 0 Å². The van der Waals surface area contributed by atoms with E-state index >= 15 is 0 Å². The molecule has 14 rings (SSSR count). The number of rotatable bonds is 2. The van der Waals surface area contributed by atoms with E-state index in [0.717, 1.165) is 66.8 Å². The van der Waals surface area contributed by atoms with Gasteiger partial charge in [-0.25, -0.2) is 15.0 Å². The Morgan fingerprint density at radius 1 is 0.403 bits per heavy atom. The molecule has 0 fully saturated rings. The van der Waals surface area contributed by atoms with E-state index in [-0.39, 0.29) is 6.04 Å². The van der Waals surface area contributed by atoms with Crippen LogP contribution in [0.1, 0.15) is 0 Å². The second kappa shape index (κ2) is 12.5. The summed E-state index contributed by atoms with van der Waals surface area (Å²) in [5.41, 5.74) is 12.0. The molecule has 8 aromatic carbocycles. The molecule has 62 heavy (non-hydrogen) atoms. The van der Waals surface area contributed by atoms with Crippen LogP contribution in [-0.4, -0.2) is 42.4 Å². The zero-order valence-electron chi connectivity index (χ0n) is 33.2. The van der Waals surface area contributed by atoms with Gasteiger partial charge in [0, 0.05) is 60.7 Å². The number of benzene rings is 8. The number of hydrogen-bond donors (Lipinski definition) is 1. The maximum atomic E-state index is 5.25. The number of hydrogen-bond acceptors (Lipinski definition) is 4. The number of nitrogens with one attached hydrogen (secondary N) is 1. The van der Waals surface area contributed by atoms with Crippen LogP contribution in [0.2, 0.25) is 0 Å². The second-order valence-electron chi connectivity index (χ2n) is 16.1. The minimum Gasteiger partial charge on any atom is -0.342 e. The van der Waals surface area contributed by atoms with Gasteiger partial charge in [0.2, 0.25) is 11.9 Å². The van der Waals surface area contributed by atoms with Crippen LogP contribution in [0.15, 0.2) is 209 Å². The van der Waals surface area contributed by atoms with Crippen LogP contribution < -0.4 is 5.32 Å². The third-order valence-corrected chi connectivity index (χ3v) is 12.9. The first kappa shape index (κ1) is 33.4. The lowest BCUT2D eigenvalue weighted by Crippen LogP contribution is -2.44. The number of para-hydroxylation sites is 6. The number of fused-ring (bicyclic) bond motifs is 14. The first-order chi connectivity index (χ1) is 30.8. The Kier molecular flexibility index (Phi) is 6.73. The fourth-order valence-corrected chi connectivity index (χ4v) is 10.3. The van der Waals surface area contributed by atoms with Crippen LogP contribution in [0.4, 0.5) is 0 Å². The van der Waals surface area contributed by atoms with Gasteiger partial charge in [0.25, 0.3) is 0 Å². The van der Waals surface area contributed by atoms with Gasteiger partial charge >= 0.3 is 0 Å². The summed E-state index contributed by atoms with van der Waals surface area (Å²) in [5, 5.41) is 13.2. The molecule has 2 aliphatic heterocycles. The molecule has 2 aliphatic rings. The summed E-state index contributed by atoms with van der Waals surface area (Å²) < 4.78 is 9.23. The van der Waals surface area contributed by atoms with Gasteiger partial charge in [0.05, 0.1) is 56.0 Å². The van der Waals surface area contributed by atoms with Crippen molar-refractivity contribution in [3.8, 4) is 11.4 Å². The molecule has 8 heteroatoms. The van der Waals surface area contributed by atoms with Crippen molar-refractivity contribution in [2.75, 3.05) is 0 Å². The fourth-order valence-electron chi connectivity index (χ4n) is 10.3. The third kappa shape index (κ3) is 4.52. The van der Waals surface area contributed by atoms with Crippen molar-refractivity contribution in [3.63, 3.8) is 0 Å². The first-order valence-electron chi connectivity index (χ1n) is 21.0. The molecule has 8 nitrogen and oxygen atoms in total. The van der Waals surface area contributed by atoms with Crippen molar-refractivity contribution in [3.05, 3.63) is 194 Å². The molecular formula is C54H34N8. The van der Waals surface area contributed by atoms with Crippen LogP contribution in [-0.2, 0) is 0 Å². The van der Waals surface area contributed by atoms with E-state index < -0.39 is 0 Å². The van der Waals surface area contributed by atoms with Gasteiger partial charge in [-0.05, 0) is 66.7 Å². The maximum Gasteiger partial charge on any atom is 0.234 e. The SMILES string of the molecule is C1=NC(n2c3ccccc3c3cc4c(cc32)c2ccccc2n4-c2ccccc2)=NC2=CN=C(n3c4ccccc4c4c3ccc3c5ccccc5n(-c5ccccc5)c34)NC12. The normalized spacial score (nSPS) is 15.3. The molecule has 6 heterocycles. The van der Waals surface area contributed by atoms with Gasteiger partial charge in [0.15, 0.2) is 0 Å². The molecule has 0 radical (unpaired) electrons. The predicted octanol–water partition coefficient (Wildman–Crippen LogP) is 12.1. The Labute approximate surface area is 353 Å². The fraction of sp³-hybridized carbons (Fsp3) is 0.0185. The standard InChI is InChI=1S/C54H34N8/c1-3-15-33(16-4-1)59-44-23-11-8-20-36(44)40-30-50-41(29-49(40)59)37-21-9-13-25-46(37)62(50)54-56-32-42-43(58-54)31-55-53(57-42)61-47-26-14-10-22-39(47)51-48(61)28-27-38-35-19-7-12-24-45(35)60(52(38)51)34-17-5-2-6-18-34/h1-32,42H,(H,55,57). The summed E-state index contributed by atoms with van der Waals surface area (Å²) in [5.74, 6) is 1.34. The smallest absolute Gasteiger partial charge is 0.234 e. The monoisotopic (exact) mass is 794 g/mol. The Balaban J connectivity index is 0.949. The molecule has 1 unspecified atom stereocenters. The Hall–Kier alpha value is -8.49. The number of nitrogens with zero attached hydrogens (tertiary/aromatic N) is 7. The van der Waals surface area contributed by atoms with Gasteiger partial charge in [-0.1, -0.05) is 115 Å². The van der Waals surface area contributed by atoms with E-state index in [1.165, 1.54) is 43.5 Å². The van der Waals surface area contributed by atoms with E-state index in [9.17, 15) is 0 Å². The second-order valence-corrected chi connectivity index (χ2v) is 16.1. The minimum atomic E-state index is -0.273. The lowest BCUT2D eigenvalue weighted by Gasteiger charge is -2.25. The molecule has 0 saturated carbocycles. The minimum absolute atomic E-state index is 0.273. The lowest BCUT2D eigenvalue weighted by molar-refractivity contribution is 0.809. The van der Waals surface area contributed by atoms with E-state index in [4.69, 9.17) is 15.0 Å². The number of aromatic nitrogens is 4. The highest BCUT2D eigenvalue weighted by Crippen LogP contribution is 2.42. The highest BCUT2D eigenvalue weighted by Gasteiger charge is 2.28. The van der Waals surface area contributed by atoms with Crippen molar-refractivity contribution >= 4 is 105 Å². The van der Waals surface area contributed by atoms with Crippen molar-refractivity contribution in [2.24, 2.45) is 15.0 Å². The number of aliphatic imine (C=N–C) groups is 3. The Morgan fingerprint density at radius 2 is 0.919 bits per heavy atom. The van der Waals surface area contributed by atoms with E-state index in [2.05, 4.69) is 206 Å². The van der Waals surface area contributed by atoms with Crippen LogP contribution in [0.5, 0.6) is 0 Å². The molecule has 1 atom stereocenters. The van der Waals surface area contributed by atoms with E-state index in [0.29, 0.717) is 5.96 Å². The summed E-state index contributed by atoms with van der Waals surface area (Å²) in [6.07, 6.45) is 3.88. The largest absolute Gasteiger partial charge is 0.342 e. The van der Waals surface area contributed by atoms with E-state index in [1.807, 2.05) is 12.4 Å². The molecule has 0 spiro atoms. The summed E-state index contributed by atoms with van der Waals surface area (Å²) in [6.45, 7) is 0. The van der Waals surface area contributed by atoms with Crippen molar-refractivity contribution < 1.29 is 0 Å². The highest BCUT2D eigenvalue weighted by molar-refractivity contribution is 6.28. The molecule has 4 aromatic heterocycles. The summed E-state index contributed by atoms with van der Waals surface area (Å²) in [6, 6.07) is 64.7. The Morgan fingerprint density at radius 3 is 1.58 bits per heavy atom. The molecular weight excluding hydrogens is 761 g/mol. The zero-order chi connectivity index (χ0) is 40.5.